The van der Waals surface area contributed by atoms with Crippen LogP contribution in [0.5, 0.6) is 0 Å². The summed E-state index contributed by atoms with van der Waals surface area (Å²) in [7, 11) is -2.30. The van der Waals surface area contributed by atoms with Crippen LogP contribution in [0.15, 0.2) is 0 Å². The summed E-state index contributed by atoms with van der Waals surface area (Å²) in [6.07, 6.45) is 0. The van der Waals surface area contributed by atoms with Crippen LogP contribution in [0, 0.1) is 0 Å². The molecule has 0 amide bonds. The Kier molecular flexibility index (Phi) is 3.77. The highest BCUT2D eigenvalue weighted by Gasteiger charge is 2.16. The van der Waals surface area contributed by atoms with Gasteiger partial charge in [-0.05, 0) is 13.1 Å². The van der Waals surface area contributed by atoms with E-state index >= 15 is 0 Å². The molecule has 0 aliphatic rings. The van der Waals surface area contributed by atoms with Crippen molar-refractivity contribution in [2.75, 3.05) is 0 Å². The van der Waals surface area contributed by atoms with Crippen LogP contribution in [0.1, 0.15) is 0 Å². The molecule has 0 spiro atoms. The molecule has 0 heterocycles. The molecule has 0 saturated heterocycles. The van der Waals surface area contributed by atoms with Crippen LogP contribution >= 0.6 is 0 Å². The van der Waals surface area contributed by atoms with Gasteiger partial charge in [-0.3, -0.25) is 0 Å². The Hall–Kier alpha value is 0.531. The van der Waals surface area contributed by atoms with E-state index in [1.165, 1.54) is 0 Å². The van der Waals surface area contributed by atoms with Gasteiger partial charge >= 0.3 is 8.56 Å². The third kappa shape index (κ3) is 6.53. The maximum absolute atomic E-state index is 9.04. The van der Waals surface area contributed by atoms with Crippen molar-refractivity contribution < 1.29 is 13.0 Å². The first kappa shape index (κ1) is 8.53. The van der Waals surface area contributed by atoms with Gasteiger partial charge in [0, 0.05) is 0 Å². The average molecular weight is 168 g/mol. The SMILES string of the molecule is C[Si](C)(O)O[SiH2]O[SiH3]. The minimum Gasteiger partial charge on any atom is -0.449 e. The number of rotatable bonds is 3. The van der Waals surface area contributed by atoms with Crippen molar-refractivity contribution >= 4 is 29.1 Å². The summed E-state index contributed by atoms with van der Waals surface area (Å²) in [6, 6.07) is 0. The molecule has 0 bridgehead atoms. The molecule has 0 aromatic carbocycles. The highest BCUT2D eigenvalue weighted by molar-refractivity contribution is 6.67. The van der Waals surface area contributed by atoms with Crippen LogP contribution in [0.2, 0.25) is 13.1 Å². The zero-order valence-electron chi connectivity index (χ0n) is 5.47. The molecule has 0 saturated carbocycles. The van der Waals surface area contributed by atoms with Gasteiger partial charge < -0.3 is 13.0 Å². The molecular weight excluding hydrogens is 156 g/mol. The Balaban J connectivity index is 3.11. The quantitative estimate of drug-likeness (QED) is 0.495. The summed E-state index contributed by atoms with van der Waals surface area (Å²) < 4.78 is 9.87. The van der Waals surface area contributed by atoms with E-state index in [1.54, 1.807) is 13.1 Å². The largest absolute Gasteiger partial charge is 0.449 e. The second-order valence-electron chi connectivity index (χ2n) is 2.00. The Morgan fingerprint density at radius 2 is 2.12 bits per heavy atom. The summed E-state index contributed by atoms with van der Waals surface area (Å²) >= 11 is 0. The van der Waals surface area contributed by atoms with Crippen molar-refractivity contribution in [3.05, 3.63) is 0 Å². The first-order valence-electron chi connectivity index (χ1n) is 2.41. The van der Waals surface area contributed by atoms with Gasteiger partial charge in [-0.15, -0.1) is 0 Å². The van der Waals surface area contributed by atoms with Crippen molar-refractivity contribution in [3.63, 3.8) is 0 Å². The molecule has 0 aromatic heterocycles. The summed E-state index contributed by atoms with van der Waals surface area (Å²) in [5.74, 6) is 0. The lowest BCUT2D eigenvalue weighted by molar-refractivity contribution is 0.371. The minimum absolute atomic E-state index is 0.730. The maximum atomic E-state index is 9.04. The Morgan fingerprint density at radius 3 is 2.25 bits per heavy atom. The van der Waals surface area contributed by atoms with Gasteiger partial charge in [-0.2, -0.15) is 0 Å². The van der Waals surface area contributed by atoms with E-state index in [4.69, 9.17) is 13.0 Å². The molecule has 0 aliphatic heterocycles. The zero-order chi connectivity index (χ0) is 6.62. The first-order chi connectivity index (χ1) is 3.56. The fourth-order valence-electron chi connectivity index (χ4n) is 0.203. The summed E-state index contributed by atoms with van der Waals surface area (Å²) in [5.41, 5.74) is 0. The van der Waals surface area contributed by atoms with Gasteiger partial charge in [0.05, 0.1) is 0 Å². The van der Waals surface area contributed by atoms with Gasteiger partial charge in [0.1, 0.15) is 10.5 Å². The Labute approximate surface area is 55.9 Å². The highest BCUT2D eigenvalue weighted by Crippen LogP contribution is 1.94. The van der Waals surface area contributed by atoms with Crippen LogP contribution in [-0.2, 0) is 8.23 Å². The van der Waals surface area contributed by atoms with E-state index in [-0.39, 0.29) is 0 Å². The molecule has 0 atom stereocenters. The van der Waals surface area contributed by atoms with Crippen molar-refractivity contribution in [2.24, 2.45) is 0 Å². The zero-order valence-corrected chi connectivity index (χ0v) is 9.89. The molecular formula is C2H12O3Si3. The first-order valence-corrected chi connectivity index (χ1v) is 7.24. The van der Waals surface area contributed by atoms with E-state index in [0.29, 0.717) is 0 Å². The molecule has 50 valence electrons. The third-order valence-electron chi connectivity index (χ3n) is 0.530. The average Bonchev–Trinajstić information content (AvgIpc) is 1.59. The summed E-state index contributed by atoms with van der Waals surface area (Å²) in [6.45, 7) is 3.47. The van der Waals surface area contributed by atoms with E-state index in [9.17, 15) is 0 Å². The van der Waals surface area contributed by atoms with Crippen LogP contribution in [0.4, 0.5) is 0 Å². The third-order valence-corrected chi connectivity index (χ3v) is 4.77. The minimum atomic E-state index is -2.22. The molecule has 3 nitrogen and oxygen atoms in total. The van der Waals surface area contributed by atoms with Gasteiger partial charge in [0.2, 0.25) is 0 Å². The van der Waals surface area contributed by atoms with Crippen molar-refractivity contribution in [1.29, 1.82) is 0 Å². The van der Waals surface area contributed by atoms with Crippen LogP contribution < -0.4 is 0 Å². The predicted molar refractivity (Wildman–Crippen MR) is 40.4 cm³/mol. The van der Waals surface area contributed by atoms with E-state index < -0.39 is 18.6 Å². The lowest BCUT2D eigenvalue weighted by atomic mass is 11.9. The van der Waals surface area contributed by atoms with Crippen LogP contribution in [-0.4, -0.2) is 33.8 Å². The van der Waals surface area contributed by atoms with Crippen molar-refractivity contribution in [2.45, 2.75) is 13.1 Å². The van der Waals surface area contributed by atoms with Crippen molar-refractivity contribution in [3.8, 4) is 0 Å². The monoisotopic (exact) mass is 168 g/mol. The van der Waals surface area contributed by atoms with Crippen LogP contribution in [0.3, 0.4) is 0 Å². The van der Waals surface area contributed by atoms with Gasteiger partial charge in [-0.1, -0.05) is 0 Å². The highest BCUT2D eigenvalue weighted by atomic mass is 28.4. The number of hydrogen-bond donors (Lipinski definition) is 1. The maximum Gasteiger partial charge on any atom is 0.319 e. The molecule has 0 fully saturated rings. The molecule has 0 aliphatic carbocycles. The lowest BCUT2D eigenvalue weighted by Crippen LogP contribution is -2.32. The molecule has 0 rings (SSSR count). The Bertz CT molecular complexity index is 60.0. The lowest BCUT2D eigenvalue weighted by Gasteiger charge is -2.13. The molecule has 8 heavy (non-hydrogen) atoms. The molecule has 0 radical (unpaired) electrons. The smallest absolute Gasteiger partial charge is 0.319 e. The molecule has 0 unspecified atom stereocenters. The summed E-state index contributed by atoms with van der Waals surface area (Å²) in [4.78, 5) is 9.04. The summed E-state index contributed by atoms with van der Waals surface area (Å²) in [5, 5.41) is 0. The fourth-order valence-corrected chi connectivity index (χ4v) is 2.89. The van der Waals surface area contributed by atoms with Gasteiger partial charge in [0.15, 0.2) is 0 Å². The standard InChI is InChI=1S/C2H12O3Si3/c1-8(2,3)5-7-4-6/h3H,7H2,1-2,6H3. The Morgan fingerprint density at radius 1 is 1.62 bits per heavy atom. The second-order valence-corrected chi connectivity index (χ2v) is 8.59. The normalized spacial score (nSPS) is 13.9. The molecule has 1 N–H and O–H groups in total. The molecule has 0 aromatic rings. The number of hydrogen-bond acceptors (Lipinski definition) is 3. The predicted octanol–water partition coefficient (Wildman–Crippen LogP) is -2.01. The van der Waals surface area contributed by atoms with Gasteiger partial charge in [-0.25, -0.2) is 0 Å². The van der Waals surface area contributed by atoms with E-state index in [0.717, 1.165) is 10.5 Å². The van der Waals surface area contributed by atoms with E-state index in [2.05, 4.69) is 0 Å². The molecule has 6 heteroatoms. The van der Waals surface area contributed by atoms with Crippen molar-refractivity contribution in [1.82, 2.24) is 0 Å². The van der Waals surface area contributed by atoms with Gasteiger partial charge in [0.25, 0.3) is 10.0 Å². The van der Waals surface area contributed by atoms with E-state index in [1.807, 2.05) is 0 Å². The topological polar surface area (TPSA) is 38.7 Å². The van der Waals surface area contributed by atoms with Crippen LogP contribution in [0.25, 0.3) is 0 Å². The fraction of sp³-hybridized carbons (Fsp3) is 1.00. The second kappa shape index (κ2) is 3.54.